The Balaban J connectivity index is 2.93. The van der Waals surface area contributed by atoms with E-state index in [1.165, 1.54) is 7.11 Å². The fourth-order valence-corrected chi connectivity index (χ4v) is 1.89. The minimum Gasteiger partial charge on any atom is -0.468 e. The molecule has 0 fully saturated rings. The average molecular weight is 263 g/mol. The molecule has 0 aliphatic heterocycles. The molecule has 0 aromatic heterocycles. The third kappa shape index (κ3) is 3.81. The Labute approximate surface area is 114 Å². The number of ether oxygens (including phenoxy) is 1. The molecule has 4 heteroatoms. The number of esters is 1. The van der Waals surface area contributed by atoms with E-state index in [1.807, 2.05) is 45.9 Å². The van der Waals surface area contributed by atoms with E-state index in [1.54, 1.807) is 0 Å². The summed E-state index contributed by atoms with van der Waals surface area (Å²) in [5.74, 6) is -1.73. The van der Waals surface area contributed by atoms with Crippen LogP contribution in [0.25, 0.3) is 0 Å². The number of anilines is 1. The number of rotatable bonds is 4. The van der Waals surface area contributed by atoms with Crippen molar-refractivity contribution in [3.8, 4) is 0 Å². The second-order valence-corrected chi connectivity index (χ2v) is 5.05. The summed E-state index contributed by atoms with van der Waals surface area (Å²) in [6.07, 6.45) is 0. The van der Waals surface area contributed by atoms with Crippen LogP contribution in [0.5, 0.6) is 0 Å². The summed E-state index contributed by atoms with van der Waals surface area (Å²) in [5, 5.41) is 2.81. The summed E-state index contributed by atoms with van der Waals surface area (Å²) in [4.78, 5) is 23.9. The third-order valence-electron chi connectivity index (χ3n) is 3.06. The highest BCUT2D eigenvalue weighted by atomic mass is 16.5. The van der Waals surface area contributed by atoms with Crippen molar-refractivity contribution in [3.63, 3.8) is 0 Å². The van der Waals surface area contributed by atoms with Crippen LogP contribution in [0, 0.1) is 25.7 Å². The molecule has 0 bridgehead atoms. The summed E-state index contributed by atoms with van der Waals surface area (Å²) in [6, 6.07) is 5.81. The average Bonchev–Trinajstić information content (AvgIpc) is 2.33. The number of hydrogen-bond acceptors (Lipinski definition) is 3. The molecular weight excluding hydrogens is 242 g/mol. The van der Waals surface area contributed by atoms with Gasteiger partial charge in [0.15, 0.2) is 0 Å². The maximum Gasteiger partial charge on any atom is 0.318 e. The van der Waals surface area contributed by atoms with E-state index in [0.717, 1.165) is 16.8 Å². The molecule has 0 radical (unpaired) electrons. The van der Waals surface area contributed by atoms with Gasteiger partial charge in [0.1, 0.15) is 5.92 Å². The number of aryl methyl sites for hydroxylation is 2. The van der Waals surface area contributed by atoms with E-state index in [0.29, 0.717) is 0 Å². The number of hydrogen-bond donors (Lipinski definition) is 1. The Morgan fingerprint density at radius 1 is 1.21 bits per heavy atom. The van der Waals surface area contributed by atoms with Crippen LogP contribution in [0.15, 0.2) is 18.2 Å². The Kier molecular flexibility index (Phi) is 5.10. The van der Waals surface area contributed by atoms with E-state index < -0.39 is 11.9 Å². The number of nitrogens with one attached hydrogen (secondary N) is 1. The molecule has 19 heavy (non-hydrogen) atoms. The van der Waals surface area contributed by atoms with Crippen LogP contribution < -0.4 is 5.32 Å². The smallest absolute Gasteiger partial charge is 0.318 e. The van der Waals surface area contributed by atoms with Crippen LogP contribution >= 0.6 is 0 Å². The molecule has 1 atom stereocenters. The Morgan fingerprint density at radius 2 is 1.84 bits per heavy atom. The van der Waals surface area contributed by atoms with Gasteiger partial charge in [-0.1, -0.05) is 26.0 Å². The first-order valence-electron chi connectivity index (χ1n) is 6.32. The van der Waals surface area contributed by atoms with Gasteiger partial charge in [-0.3, -0.25) is 9.59 Å². The Morgan fingerprint density at radius 3 is 2.37 bits per heavy atom. The van der Waals surface area contributed by atoms with Gasteiger partial charge in [0.05, 0.1) is 7.11 Å². The molecule has 0 saturated heterocycles. The predicted molar refractivity (Wildman–Crippen MR) is 74.9 cm³/mol. The first-order chi connectivity index (χ1) is 8.86. The molecular formula is C15H21NO3. The number of carbonyl (C=O) groups is 2. The maximum atomic E-state index is 12.2. The van der Waals surface area contributed by atoms with Crippen LogP contribution in [-0.2, 0) is 14.3 Å². The maximum absolute atomic E-state index is 12.2. The molecule has 1 unspecified atom stereocenters. The highest BCUT2D eigenvalue weighted by Gasteiger charge is 2.31. The lowest BCUT2D eigenvalue weighted by molar-refractivity contribution is -0.150. The first kappa shape index (κ1) is 15.2. The monoisotopic (exact) mass is 263 g/mol. The second-order valence-electron chi connectivity index (χ2n) is 5.05. The van der Waals surface area contributed by atoms with E-state index >= 15 is 0 Å². The zero-order valence-electron chi connectivity index (χ0n) is 12.1. The Hall–Kier alpha value is -1.84. The standard InChI is InChI=1S/C15H21NO3/c1-9(2)13(15(18)19-5)14(17)16-12-8-10(3)6-7-11(12)4/h6-9,13H,1-5H3,(H,16,17). The van der Waals surface area contributed by atoms with E-state index in [4.69, 9.17) is 0 Å². The van der Waals surface area contributed by atoms with Gasteiger partial charge in [0.25, 0.3) is 0 Å². The number of carbonyl (C=O) groups excluding carboxylic acids is 2. The summed E-state index contributed by atoms with van der Waals surface area (Å²) in [7, 11) is 1.29. The van der Waals surface area contributed by atoms with Crippen molar-refractivity contribution in [1.82, 2.24) is 0 Å². The van der Waals surface area contributed by atoms with Crippen LogP contribution in [0.4, 0.5) is 5.69 Å². The summed E-state index contributed by atoms with van der Waals surface area (Å²) >= 11 is 0. The van der Waals surface area contributed by atoms with Crippen LogP contribution in [0.3, 0.4) is 0 Å². The molecule has 0 spiro atoms. The van der Waals surface area contributed by atoms with Gasteiger partial charge >= 0.3 is 5.97 Å². The highest BCUT2D eigenvalue weighted by Crippen LogP contribution is 2.20. The van der Waals surface area contributed by atoms with Gasteiger partial charge in [0.2, 0.25) is 5.91 Å². The highest BCUT2D eigenvalue weighted by molar-refractivity contribution is 6.05. The quantitative estimate of drug-likeness (QED) is 0.671. The van der Waals surface area contributed by atoms with Gasteiger partial charge in [-0.25, -0.2) is 0 Å². The van der Waals surface area contributed by atoms with Crippen molar-refractivity contribution in [2.24, 2.45) is 11.8 Å². The van der Waals surface area contributed by atoms with E-state index in [9.17, 15) is 9.59 Å². The molecule has 104 valence electrons. The summed E-state index contributed by atoms with van der Waals surface area (Å²) in [5.41, 5.74) is 2.76. The van der Waals surface area contributed by atoms with Crippen molar-refractivity contribution in [2.75, 3.05) is 12.4 Å². The van der Waals surface area contributed by atoms with Crippen molar-refractivity contribution in [1.29, 1.82) is 0 Å². The van der Waals surface area contributed by atoms with Crippen LogP contribution in [-0.4, -0.2) is 19.0 Å². The lowest BCUT2D eigenvalue weighted by Gasteiger charge is -2.18. The van der Waals surface area contributed by atoms with Gasteiger partial charge < -0.3 is 10.1 Å². The fraction of sp³-hybridized carbons (Fsp3) is 0.467. The van der Waals surface area contributed by atoms with E-state index in [-0.39, 0.29) is 11.8 Å². The largest absolute Gasteiger partial charge is 0.468 e. The minimum atomic E-state index is -0.787. The number of benzene rings is 1. The van der Waals surface area contributed by atoms with Crippen molar-refractivity contribution in [3.05, 3.63) is 29.3 Å². The summed E-state index contributed by atoms with van der Waals surface area (Å²) < 4.78 is 4.69. The zero-order valence-corrected chi connectivity index (χ0v) is 12.1. The van der Waals surface area contributed by atoms with E-state index in [2.05, 4.69) is 10.1 Å². The Bertz CT molecular complexity index is 480. The van der Waals surface area contributed by atoms with Gasteiger partial charge in [-0.2, -0.15) is 0 Å². The van der Waals surface area contributed by atoms with Crippen molar-refractivity contribution >= 4 is 17.6 Å². The predicted octanol–water partition coefficient (Wildman–Crippen LogP) is 2.69. The van der Waals surface area contributed by atoms with Crippen molar-refractivity contribution < 1.29 is 14.3 Å². The third-order valence-corrected chi connectivity index (χ3v) is 3.06. The molecule has 4 nitrogen and oxygen atoms in total. The topological polar surface area (TPSA) is 55.4 Å². The minimum absolute atomic E-state index is 0.113. The molecule has 0 aliphatic rings. The summed E-state index contributed by atoms with van der Waals surface area (Å²) in [6.45, 7) is 7.52. The van der Waals surface area contributed by atoms with Gasteiger partial charge in [0, 0.05) is 5.69 Å². The second kappa shape index (κ2) is 6.36. The van der Waals surface area contributed by atoms with Crippen LogP contribution in [0.1, 0.15) is 25.0 Å². The SMILES string of the molecule is COC(=O)C(C(=O)Nc1cc(C)ccc1C)C(C)C. The van der Waals surface area contributed by atoms with Gasteiger partial charge in [-0.15, -0.1) is 0 Å². The first-order valence-corrected chi connectivity index (χ1v) is 6.32. The lowest BCUT2D eigenvalue weighted by Crippen LogP contribution is -2.34. The molecule has 1 aromatic rings. The molecule has 1 N–H and O–H groups in total. The number of methoxy groups -OCH3 is 1. The molecule has 0 saturated carbocycles. The molecule has 1 aromatic carbocycles. The molecule has 1 amide bonds. The molecule has 1 rings (SSSR count). The van der Waals surface area contributed by atoms with Gasteiger partial charge in [-0.05, 0) is 37.0 Å². The molecule has 0 heterocycles. The fourth-order valence-electron chi connectivity index (χ4n) is 1.89. The lowest BCUT2D eigenvalue weighted by atomic mass is 9.94. The normalized spacial score (nSPS) is 12.1. The molecule has 0 aliphatic carbocycles. The zero-order chi connectivity index (χ0) is 14.6. The van der Waals surface area contributed by atoms with Crippen molar-refractivity contribution in [2.45, 2.75) is 27.7 Å². The number of amides is 1. The van der Waals surface area contributed by atoms with Crippen LogP contribution in [0.2, 0.25) is 0 Å².